The van der Waals surface area contributed by atoms with E-state index >= 15 is 0 Å². The first-order chi connectivity index (χ1) is 9.08. The minimum absolute atomic E-state index is 0.0659. The van der Waals surface area contributed by atoms with Gasteiger partial charge in [0, 0.05) is 5.02 Å². The first-order valence-electron chi connectivity index (χ1n) is 5.84. The van der Waals surface area contributed by atoms with Gasteiger partial charge < -0.3 is 5.11 Å². The van der Waals surface area contributed by atoms with E-state index in [0.717, 1.165) is 11.1 Å². The summed E-state index contributed by atoms with van der Waals surface area (Å²) in [6.07, 6.45) is 3.17. The van der Waals surface area contributed by atoms with Gasteiger partial charge >= 0.3 is 0 Å². The second kappa shape index (κ2) is 5.72. The van der Waals surface area contributed by atoms with Crippen molar-refractivity contribution in [1.82, 2.24) is 0 Å². The molecule has 0 atom stereocenters. The van der Waals surface area contributed by atoms with E-state index in [9.17, 15) is 9.90 Å². The highest BCUT2D eigenvalue weighted by molar-refractivity contribution is 6.31. The molecule has 0 amide bonds. The van der Waals surface area contributed by atoms with Gasteiger partial charge in [0.25, 0.3) is 0 Å². The zero-order valence-electron chi connectivity index (χ0n) is 10.4. The number of aryl methyl sites for hydroxylation is 1. The molecule has 0 aromatic heterocycles. The molecule has 0 aliphatic heterocycles. The molecule has 0 heterocycles. The number of phenols is 1. The predicted molar refractivity (Wildman–Crippen MR) is 77.7 cm³/mol. The Morgan fingerprint density at radius 2 is 1.95 bits per heavy atom. The molecule has 96 valence electrons. The second-order valence-electron chi connectivity index (χ2n) is 4.22. The number of hydrogen-bond donors (Lipinski definition) is 1. The van der Waals surface area contributed by atoms with Crippen LogP contribution in [0.4, 0.5) is 0 Å². The van der Waals surface area contributed by atoms with Crippen LogP contribution in [0.5, 0.6) is 5.75 Å². The van der Waals surface area contributed by atoms with E-state index in [1.54, 1.807) is 12.1 Å². The maximum absolute atomic E-state index is 12.0. The normalized spacial score (nSPS) is 10.8. The first-order valence-corrected chi connectivity index (χ1v) is 6.22. The fourth-order valence-corrected chi connectivity index (χ4v) is 1.91. The number of aromatic hydroxyl groups is 1. The van der Waals surface area contributed by atoms with Gasteiger partial charge in [0.05, 0.1) is 5.56 Å². The molecule has 3 heteroatoms. The van der Waals surface area contributed by atoms with Crippen LogP contribution in [0.15, 0.2) is 48.5 Å². The van der Waals surface area contributed by atoms with Crippen LogP contribution >= 0.6 is 11.6 Å². The monoisotopic (exact) mass is 272 g/mol. The lowest BCUT2D eigenvalue weighted by atomic mass is 10.1. The van der Waals surface area contributed by atoms with E-state index in [1.807, 2.05) is 31.2 Å². The van der Waals surface area contributed by atoms with Crippen LogP contribution < -0.4 is 0 Å². The summed E-state index contributed by atoms with van der Waals surface area (Å²) in [6.45, 7) is 1.97. The molecule has 2 aromatic rings. The van der Waals surface area contributed by atoms with Crippen molar-refractivity contribution in [3.8, 4) is 5.75 Å². The number of rotatable bonds is 3. The van der Waals surface area contributed by atoms with E-state index < -0.39 is 0 Å². The number of hydrogen-bond acceptors (Lipinski definition) is 2. The number of carbonyl (C=O) groups excluding carboxylic acids is 1. The average Bonchev–Trinajstić information content (AvgIpc) is 2.40. The average molecular weight is 273 g/mol. The van der Waals surface area contributed by atoms with Crippen LogP contribution in [-0.4, -0.2) is 10.9 Å². The van der Waals surface area contributed by atoms with Crippen molar-refractivity contribution < 1.29 is 9.90 Å². The van der Waals surface area contributed by atoms with Crippen molar-refractivity contribution >= 4 is 23.5 Å². The number of ketones is 1. The molecule has 0 bridgehead atoms. The molecular weight excluding hydrogens is 260 g/mol. The Bertz CT molecular complexity index is 645. The smallest absolute Gasteiger partial charge is 0.189 e. The summed E-state index contributed by atoms with van der Waals surface area (Å²) < 4.78 is 0. The van der Waals surface area contributed by atoms with Crippen LogP contribution in [-0.2, 0) is 0 Å². The van der Waals surface area contributed by atoms with E-state index in [4.69, 9.17) is 11.6 Å². The highest BCUT2D eigenvalue weighted by atomic mass is 35.5. The summed E-state index contributed by atoms with van der Waals surface area (Å²) >= 11 is 5.82. The van der Waals surface area contributed by atoms with Crippen molar-refractivity contribution in [1.29, 1.82) is 0 Å². The zero-order chi connectivity index (χ0) is 13.8. The molecule has 0 fully saturated rings. The van der Waals surface area contributed by atoms with Gasteiger partial charge in [-0.2, -0.15) is 0 Å². The summed E-state index contributed by atoms with van der Waals surface area (Å²) in [6, 6.07) is 12.2. The Kier molecular flexibility index (Phi) is 4.03. The Balaban J connectivity index is 2.26. The first kappa shape index (κ1) is 13.4. The molecule has 0 aliphatic rings. The molecule has 2 aromatic carbocycles. The van der Waals surface area contributed by atoms with Gasteiger partial charge in [-0.25, -0.2) is 0 Å². The predicted octanol–water partition coefficient (Wildman–Crippen LogP) is 4.25. The molecule has 0 aliphatic carbocycles. The topological polar surface area (TPSA) is 37.3 Å². The molecule has 2 nitrogen and oxygen atoms in total. The maximum Gasteiger partial charge on any atom is 0.189 e. The van der Waals surface area contributed by atoms with E-state index in [2.05, 4.69) is 0 Å². The highest BCUT2D eigenvalue weighted by Crippen LogP contribution is 2.22. The minimum atomic E-state index is -0.275. The van der Waals surface area contributed by atoms with Gasteiger partial charge in [-0.15, -0.1) is 0 Å². The molecule has 0 radical (unpaired) electrons. The lowest BCUT2D eigenvalue weighted by molar-refractivity contribution is 0.104. The second-order valence-corrected chi connectivity index (χ2v) is 4.65. The molecule has 0 spiro atoms. The van der Waals surface area contributed by atoms with Crippen LogP contribution in [0.3, 0.4) is 0 Å². The van der Waals surface area contributed by atoms with Crippen molar-refractivity contribution in [3.05, 3.63) is 70.3 Å². The fourth-order valence-electron chi connectivity index (χ4n) is 1.73. The van der Waals surface area contributed by atoms with Crippen molar-refractivity contribution in [2.45, 2.75) is 6.92 Å². The fraction of sp³-hybridized carbons (Fsp3) is 0.0625. The molecule has 0 saturated heterocycles. The number of halogens is 1. The third kappa shape index (κ3) is 3.24. The number of phenolic OH excluding ortho intramolecular Hbond substituents is 1. The van der Waals surface area contributed by atoms with Gasteiger partial charge in [-0.05, 0) is 42.3 Å². The van der Waals surface area contributed by atoms with Crippen LogP contribution in [0, 0.1) is 6.92 Å². The Morgan fingerprint density at radius 1 is 1.21 bits per heavy atom. The quantitative estimate of drug-likeness (QED) is 0.670. The third-order valence-electron chi connectivity index (χ3n) is 2.83. The molecule has 2 rings (SSSR count). The SMILES string of the molecule is Cc1ccccc1/C=C/C(=O)c1cc(Cl)ccc1O. The van der Waals surface area contributed by atoms with Crippen molar-refractivity contribution in [3.63, 3.8) is 0 Å². The minimum Gasteiger partial charge on any atom is -0.507 e. The zero-order valence-corrected chi connectivity index (χ0v) is 11.2. The number of benzene rings is 2. The van der Waals surface area contributed by atoms with E-state index in [0.29, 0.717) is 5.02 Å². The van der Waals surface area contributed by atoms with Gasteiger partial charge in [0.15, 0.2) is 5.78 Å². The molecule has 0 unspecified atom stereocenters. The van der Waals surface area contributed by atoms with Crippen molar-refractivity contribution in [2.24, 2.45) is 0 Å². The van der Waals surface area contributed by atoms with E-state index in [1.165, 1.54) is 18.2 Å². The number of carbonyl (C=O) groups is 1. The maximum atomic E-state index is 12.0. The van der Waals surface area contributed by atoms with Gasteiger partial charge in [-0.3, -0.25) is 4.79 Å². The Hall–Kier alpha value is -2.06. The summed E-state index contributed by atoms with van der Waals surface area (Å²) in [4.78, 5) is 12.0. The van der Waals surface area contributed by atoms with Gasteiger partial charge in [-0.1, -0.05) is 41.9 Å². The van der Waals surface area contributed by atoms with Gasteiger partial charge in [0.2, 0.25) is 0 Å². The molecule has 0 saturated carbocycles. The standard InChI is InChI=1S/C16H13ClO2/c1-11-4-2-3-5-12(11)6-8-15(18)14-10-13(17)7-9-16(14)19/h2-10,19H,1H3/b8-6+. The van der Waals surface area contributed by atoms with Crippen LogP contribution in [0.2, 0.25) is 5.02 Å². The van der Waals surface area contributed by atoms with Crippen molar-refractivity contribution in [2.75, 3.05) is 0 Å². The number of allylic oxidation sites excluding steroid dienone is 1. The molecular formula is C16H13ClO2. The highest BCUT2D eigenvalue weighted by Gasteiger charge is 2.08. The summed E-state index contributed by atoms with van der Waals surface area (Å²) in [5.74, 6) is -0.341. The largest absolute Gasteiger partial charge is 0.507 e. The summed E-state index contributed by atoms with van der Waals surface area (Å²) in [5, 5.41) is 10.1. The lowest BCUT2D eigenvalue weighted by Crippen LogP contribution is -1.95. The van der Waals surface area contributed by atoms with Crippen LogP contribution in [0.1, 0.15) is 21.5 Å². The third-order valence-corrected chi connectivity index (χ3v) is 3.06. The Morgan fingerprint density at radius 3 is 2.68 bits per heavy atom. The summed E-state index contributed by atoms with van der Waals surface area (Å²) in [7, 11) is 0. The summed E-state index contributed by atoms with van der Waals surface area (Å²) in [5.41, 5.74) is 2.26. The lowest BCUT2D eigenvalue weighted by Gasteiger charge is -2.01. The van der Waals surface area contributed by atoms with Gasteiger partial charge in [0.1, 0.15) is 5.75 Å². The molecule has 19 heavy (non-hydrogen) atoms. The van der Waals surface area contributed by atoms with Crippen LogP contribution in [0.25, 0.3) is 6.08 Å². The Labute approximate surface area is 117 Å². The molecule has 1 N–H and O–H groups in total. The van der Waals surface area contributed by atoms with E-state index in [-0.39, 0.29) is 17.1 Å².